The standard InChI is InChI=1S/C14H15NOS2/c1-9(2)17-13-8-7-12(18-13)14(16)10-5-3-4-6-11(10)15/h3-9H,15H2,1-2H3. The van der Waals surface area contributed by atoms with Crippen LogP contribution < -0.4 is 5.73 Å². The first-order valence-corrected chi connectivity index (χ1v) is 7.43. The van der Waals surface area contributed by atoms with E-state index < -0.39 is 0 Å². The molecular formula is C14H15NOS2. The summed E-state index contributed by atoms with van der Waals surface area (Å²) < 4.78 is 1.17. The number of thioether (sulfide) groups is 1. The van der Waals surface area contributed by atoms with E-state index in [1.54, 1.807) is 23.9 Å². The molecule has 0 unspecified atom stereocenters. The predicted octanol–water partition coefficient (Wildman–Crippen LogP) is 4.06. The van der Waals surface area contributed by atoms with Gasteiger partial charge in [0.1, 0.15) is 0 Å². The van der Waals surface area contributed by atoms with Crippen molar-refractivity contribution in [3.05, 3.63) is 46.8 Å². The van der Waals surface area contributed by atoms with Crippen LogP contribution >= 0.6 is 23.1 Å². The minimum absolute atomic E-state index is 0.00806. The number of nitrogens with two attached hydrogens (primary N) is 1. The third-order valence-corrected chi connectivity index (χ3v) is 4.62. The Balaban J connectivity index is 2.24. The highest BCUT2D eigenvalue weighted by molar-refractivity contribution is 8.01. The second kappa shape index (κ2) is 5.59. The molecule has 0 spiro atoms. The van der Waals surface area contributed by atoms with Crippen LogP contribution in [-0.2, 0) is 0 Å². The van der Waals surface area contributed by atoms with Crippen LogP contribution in [0.5, 0.6) is 0 Å². The topological polar surface area (TPSA) is 43.1 Å². The van der Waals surface area contributed by atoms with Crippen LogP contribution in [0, 0.1) is 0 Å². The molecule has 0 saturated carbocycles. The van der Waals surface area contributed by atoms with Gasteiger partial charge in [0.25, 0.3) is 0 Å². The highest BCUT2D eigenvalue weighted by Gasteiger charge is 2.14. The summed E-state index contributed by atoms with van der Waals surface area (Å²) in [5.41, 5.74) is 6.94. The lowest BCUT2D eigenvalue weighted by Crippen LogP contribution is -2.02. The van der Waals surface area contributed by atoms with Crippen LogP contribution in [0.2, 0.25) is 0 Å². The second-order valence-corrected chi connectivity index (χ2v) is 7.16. The molecule has 0 atom stereocenters. The number of hydrogen-bond acceptors (Lipinski definition) is 4. The third kappa shape index (κ3) is 2.94. The molecular weight excluding hydrogens is 262 g/mol. The summed E-state index contributed by atoms with van der Waals surface area (Å²) in [5, 5.41) is 0.522. The normalized spacial score (nSPS) is 10.8. The summed E-state index contributed by atoms with van der Waals surface area (Å²) in [4.78, 5) is 13.0. The Kier molecular flexibility index (Phi) is 4.09. The van der Waals surface area contributed by atoms with E-state index in [9.17, 15) is 4.79 Å². The van der Waals surface area contributed by atoms with Gasteiger partial charge < -0.3 is 5.73 Å². The molecule has 0 aliphatic rings. The molecule has 2 aromatic rings. The van der Waals surface area contributed by atoms with Crippen molar-refractivity contribution in [3.63, 3.8) is 0 Å². The van der Waals surface area contributed by atoms with Crippen LogP contribution in [0.15, 0.2) is 40.6 Å². The van der Waals surface area contributed by atoms with Gasteiger partial charge in [-0.3, -0.25) is 4.79 Å². The van der Waals surface area contributed by atoms with Gasteiger partial charge in [0.05, 0.1) is 9.09 Å². The SMILES string of the molecule is CC(C)Sc1ccc(C(=O)c2ccccc2N)s1. The number of benzene rings is 1. The monoisotopic (exact) mass is 277 g/mol. The summed E-state index contributed by atoms with van der Waals surface area (Å²) >= 11 is 3.30. The van der Waals surface area contributed by atoms with E-state index in [4.69, 9.17) is 5.73 Å². The molecule has 4 heteroatoms. The van der Waals surface area contributed by atoms with E-state index in [0.29, 0.717) is 16.5 Å². The lowest BCUT2D eigenvalue weighted by Gasteiger charge is -2.02. The summed E-state index contributed by atoms with van der Waals surface area (Å²) in [7, 11) is 0. The zero-order chi connectivity index (χ0) is 13.1. The van der Waals surface area contributed by atoms with Crippen molar-refractivity contribution < 1.29 is 4.79 Å². The maximum Gasteiger partial charge on any atom is 0.205 e. The smallest absolute Gasteiger partial charge is 0.205 e. The number of carbonyl (C=O) groups excluding carboxylic acids is 1. The second-order valence-electron chi connectivity index (χ2n) is 4.20. The van der Waals surface area contributed by atoms with Crippen molar-refractivity contribution in [2.75, 3.05) is 5.73 Å². The Morgan fingerprint density at radius 3 is 2.61 bits per heavy atom. The fourth-order valence-corrected chi connectivity index (χ4v) is 3.92. The van der Waals surface area contributed by atoms with Crippen molar-refractivity contribution in [3.8, 4) is 0 Å². The minimum Gasteiger partial charge on any atom is -0.398 e. The van der Waals surface area contributed by atoms with Crippen LogP contribution in [0.3, 0.4) is 0 Å². The Morgan fingerprint density at radius 1 is 1.22 bits per heavy atom. The zero-order valence-electron chi connectivity index (χ0n) is 10.3. The van der Waals surface area contributed by atoms with E-state index in [2.05, 4.69) is 13.8 Å². The van der Waals surface area contributed by atoms with Gasteiger partial charge in [-0.15, -0.1) is 23.1 Å². The average molecular weight is 277 g/mol. The molecule has 2 N–H and O–H groups in total. The van der Waals surface area contributed by atoms with Gasteiger partial charge in [0.2, 0.25) is 5.78 Å². The molecule has 2 nitrogen and oxygen atoms in total. The van der Waals surface area contributed by atoms with Crippen molar-refractivity contribution in [1.29, 1.82) is 0 Å². The van der Waals surface area contributed by atoms with E-state index >= 15 is 0 Å². The van der Waals surface area contributed by atoms with Gasteiger partial charge in [-0.2, -0.15) is 0 Å². The summed E-state index contributed by atoms with van der Waals surface area (Å²) in [5.74, 6) is 0.00806. The first-order chi connectivity index (χ1) is 8.58. The molecule has 0 radical (unpaired) electrons. The number of rotatable bonds is 4. The van der Waals surface area contributed by atoms with E-state index in [1.807, 2.05) is 24.3 Å². The lowest BCUT2D eigenvalue weighted by molar-refractivity contribution is 0.104. The Bertz CT molecular complexity index is 560. The molecule has 0 saturated heterocycles. The molecule has 0 fully saturated rings. The quantitative estimate of drug-likeness (QED) is 0.520. The number of ketones is 1. The highest BCUT2D eigenvalue weighted by Crippen LogP contribution is 2.31. The number of nitrogen functional groups attached to an aromatic ring is 1. The van der Waals surface area contributed by atoms with Crippen LogP contribution in [0.4, 0.5) is 5.69 Å². The van der Waals surface area contributed by atoms with E-state index in [-0.39, 0.29) is 5.78 Å². The fourth-order valence-electron chi connectivity index (χ4n) is 1.57. The molecule has 0 aliphatic heterocycles. The van der Waals surface area contributed by atoms with Gasteiger partial charge in [-0.1, -0.05) is 26.0 Å². The molecule has 0 bridgehead atoms. The van der Waals surface area contributed by atoms with Gasteiger partial charge in [-0.25, -0.2) is 0 Å². The van der Waals surface area contributed by atoms with E-state index in [0.717, 1.165) is 4.88 Å². The van der Waals surface area contributed by atoms with Crippen molar-refractivity contribution in [1.82, 2.24) is 0 Å². The maximum atomic E-state index is 12.3. The minimum atomic E-state index is 0.00806. The van der Waals surface area contributed by atoms with Crippen molar-refractivity contribution >= 4 is 34.6 Å². The lowest BCUT2D eigenvalue weighted by atomic mass is 10.1. The number of hydrogen-bond donors (Lipinski definition) is 1. The number of para-hydroxylation sites is 1. The molecule has 94 valence electrons. The zero-order valence-corrected chi connectivity index (χ0v) is 12.0. The maximum absolute atomic E-state index is 12.3. The summed E-state index contributed by atoms with van der Waals surface area (Å²) in [6.07, 6.45) is 0. The molecule has 1 aromatic heterocycles. The molecule has 0 aliphatic carbocycles. The fraction of sp³-hybridized carbons (Fsp3) is 0.214. The van der Waals surface area contributed by atoms with E-state index in [1.165, 1.54) is 15.5 Å². The summed E-state index contributed by atoms with van der Waals surface area (Å²) in [6.45, 7) is 4.28. The van der Waals surface area contributed by atoms with Crippen LogP contribution in [0.1, 0.15) is 29.1 Å². The molecule has 1 aromatic carbocycles. The molecule has 0 amide bonds. The molecule has 18 heavy (non-hydrogen) atoms. The molecule has 2 rings (SSSR count). The first-order valence-electron chi connectivity index (χ1n) is 5.73. The Morgan fingerprint density at radius 2 is 1.94 bits per heavy atom. The van der Waals surface area contributed by atoms with Crippen LogP contribution in [-0.4, -0.2) is 11.0 Å². The first kappa shape index (κ1) is 13.2. The Labute approximate surface area is 115 Å². The predicted molar refractivity (Wildman–Crippen MR) is 79.6 cm³/mol. The number of thiophene rings is 1. The van der Waals surface area contributed by atoms with Gasteiger partial charge in [0.15, 0.2) is 0 Å². The van der Waals surface area contributed by atoms with Crippen LogP contribution in [0.25, 0.3) is 0 Å². The van der Waals surface area contributed by atoms with Crippen molar-refractivity contribution in [2.24, 2.45) is 0 Å². The highest BCUT2D eigenvalue weighted by atomic mass is 32.2. The van der Waals surface area contributed by atoms with Crippen molar-refractivity contribution in [2.45, 2.75) is 23.3 Å². The summed E-state index contributed by atoms with van der Waals surface area (Å²) in [6, 6.07) is 11.1. The third-order valence-electron chi connectivity index (χ3n) is 2.36. The van der Waals surface area contributed by atoms with Gasteiger partial charge >= 0.3 is 0 Å². The molecule has 1 heterocycles. The average Bonchev–Trinajstić information content (AvgIpc) is 2.76. The van der Waals surface area contributed by atoms with Gasteiger partial charge in [-0.05, 0) is 24.3 Å². The number of anilines is 1. The Hall–Kier alpha value is -1.26. The number of carbonyl (C=O) groups is 1. The van der Waals surface area contributed by atoms with Gasteiger partial charge in [0, 0.05) is 16.5 Å². The largest absolute Gasteiger partial charge is 0.398 e.